The Hall–Kier alpha value is -1.35. The molecule has 2 heterocycles. The van der Waals surface area contributed by atoms with Crippen LogP contribution in [0.3, 0.4) is 0 Å². The number of benzene rings is 1. The third-order valence-electron chi connectivity index (χ3n) is 4.02. The van der Waals surface area contributed by atoms with E-state index >= 15 is 0 Å². The molecule has 3 rings (SSSR count). The molecule has 1 saturated heterocycles. The predicted molar refractivity (Wildman–Crippen MR) is 109 cm³/mol. The molecule has 1 spiro atoms. The number of ether oxygens (including phenoxy) is 1. The highest BCUT2D eigenvalue weighted by atomic mass is 35.5. The van der Waals surface area contributed by atoms with Gasteiger partial charge in [0.2, 0.25) is 11.9 Å². The Morgan fingerprint density at radius 1 is 1.15 bits per heavy atom. The van der Waals surface area contributed by atoms with E-state index in [0.717, 1.165) is 30.1 Å². The third kappa shape index (κ3) is 5.09. The minimum atomic E-state index is -0.530. The molecule has 0 aromatic heterocycles. The highest BCUT2D eigenvalue weighted by molar-refractivity contribution is 7.99. The van der Waals surface area contributed by atoms with Crippen molar-refractivity contribution < 1.29 is 9.57 Å². The molecule has 2 aliphatic heterocycles. The van der Waals surface area contributed by atoms with E-state index in [1.165, 1.54) is 0 Å². The van der Waals surface area contributed by atoms with Crippen molar-refractivity contribution in [3.63, 3.8) is 0 Å². The largest absolute Gasteiger partial charge is 0.494 e. The predicted octanol–water partition coefficient (Wildman–Crippen LogP) is 2.63. The summed E-state index contributed by atoms with van der Waals surface area (Å²) in [6.45, 7) is 0.981. The third-order valence-corrected chi connectivity index (χ3v) is 5.26. The summed E-state index contributed by atoms with van der Waals surface area (Å²) in [5.41, 5.74) is 11.3. The van der Waals surface area contributed by atoms with Gasteiger partial charge in [0.05, 0.1) is 13.2 Å². The summed E-state index contributed by atoms with van der Waals surface area (Å²) in [5.74, 6) is 3.24. The van der Waals surface area contributed by atoms with Crippen LogP contribution in [0.2, 0.25) is 5.02 Å². The van der Waals surface area contributed by atoms with Gasteiger partial charge in [0.15, 0.2) is 5.66 Å². The number of hydrogen-bond acceptors (Lipinski definition) is 8. The van der Waals surface area contributed by atoms with Gasteiger partial charge in [0.1, 0.15) is 5.75 Å². The molecule has 1 aromatic carbocycles. The van der Waals surface area contributed by atoms with Gasteiger partial charge in [-0.2, -0.15) is 21.8 Å². The summed E-state index contributed by atoms with van der Waals surface area (Å²) in [4.78, 5) is 14.5. The van der Waals surface area contributed by atoms with Crippen molar-refractivity contribution in [1.82, 2.24) is 5.06 Å². The summed E-state index contributed by atoms with van der Waals surface area (Å²) in [6.07, 6.45) is 2.36. The van der Waals surface area contributed by atoms with Crippen LogP contribution in [0, 0.1) is 0 Å². The minimum Gasteiger partial charge on any atom is -0.494 e. The maximum atomic E-state index is 6.03. The highest BCUT2D eigenvalue weighted by Crippen LogP contribution is 2.35. The van der Waals surface area contributed by atoms with E-state index in [2.05, 4.69) is 9.98 Å². The van der Waals surface area contributed by atoms with E-state index in [9.17, 15) is 0 Å². The van der Waals surface area contributed by atoms with Crippen LogP contribution in [0.5, 0.6) is 5.75 Å². The van der Waals surface area contributed by atoms with Crippen LogP contribution in [-0.4, -0.2) is 47.4 Å². The molecule has 0 radical (unpaired) electrons. The molecule has 4 N–H and O–H groups in total. The number of guanidine groups is 2. The second-order valence-corrected chi connectivity index (χ2v) is 7.48. The maximum Gasteiger partial charge on any atom is 0.226 e. The average Bonchev–Trinajstić information content (AvgIpc) is 2.59. The van der Waals surface area contributed by atoms with Gasteiger partial charge in [-0.3, -0.25) is 4.84 Å². The Balaban J connectivity index is 0.00000243. The summed E-state index contributed by atoms with van der Waals surface area (Å²) in [6, 6.07) is 7.27. The molecule has 1 aromatic rings. The average molecular weight is 420 g/mol. The zero-order valence-corrected chi connectivity index (χ0v) is 16.7. The Labute approximate surface area is 168 Å². The van der Waals surface area contributed by atoms with E-state index in [1.54, 1.807) is 17.2 Å². The summed E-state index contributed by atoms with van der Waals surface area (Å²) >= 11 is 7.75. The smallest absolute Gasteiger partial charge is 0.226 e. The monoisotopic (exact) mass is 419 g/mol. The van der Waals surface area contributed by atoms with Crippen LogP contribution in [0.25, 0.3) is 0 Å². The molecule has 0 bridgehead atoms. The number of halogens is 2. The van der Waals surface area contributed by atoms with E-state index in [-0.39, 0.29) is 24.3 Å². The van der Waals surface area contributed by atoms with Gasteiger partial charge in [-0.1, -0.05) is 11.6 Å². The zero-order chi connectivity index (χ0) is 17.7. The lowest BCUT2D eigenvalue weighted by molar-refractivity contribution is -0.171. The summed E-state index contributed by atoms with van der Waals surface area (Å²) < 4.78 is 5.66. The van der Waals surface area contributed by atoms with Crippen molar-refractivity contribution in [2.24, 2.45) is 21.5 Å². The van der Waals surface area contributed by atoms with E-state index < -0.39 is 5.66 Å². The molecular weight excluding hydrogens is 397 g/mol. The van der Waals surface area contributed by atoms with Crippen LogP contribution in [0.4, 0.5) is 0 Å². The van der Waals surface area contributed by atoms with Crippen molar-refractivity contribution >= 4 is 47.7 Å². The Morgan fingerprint density at radius 2 is 1.85 bits per heavy atom. The van der Waals surface area contributed by atoms with Gasteiger partial charge in [0.25, 0.3) is 0 Å². The van der Waals surface area contributed by atoms with E-state index in [0.29, 0.717) is 24.7 Å². The lowest BCUT2D eigenvalue weighted by atomic mass is 10.0. The highest BCUT2D eigenvalue weighted by Gasteiger charge is 2.43. The molecule has 0 atom stereocenters. The number of thioether (sulfide) groups is 1. The molecule has 10 heteroatoms. The first-order valence-electron chi connectivity index (χ1n) is 8.18. The van der Waals surface area contributed by atoms with Crippen LogP contribution in [0.15, 0.2) is 34.3 Å². The molecule has 0 aliphatic carbocycles. The Kier molecular flexibility index (Phi) is 7.69. The fourth-order valence-corrected chi connectivity index (χ4v) is 4.07. The SMILES string of the molecule is Cl.NC1=NC2(CCSCC2)N(OCCCOc2ccc(Cl)cc2)C(N)=N1. The Morgan fingerprint density at radius 3 is 2.54 bits per heavy atom. The topological polar surface area (TPSA) is 98.5 Å². The fourth-order valence-electron chi connectivity index (χ4n) is 2.79. The lowest BCUT2D eigenvalue weighted by Crippen LogP contribution is -2.58. The molecule has 144 valence electrons. The number of rotatable bonds is 6. The van der Waals surface area contributed by atoms with Crippen molar-refractivity contribution in [2.45, 2.75) is 24.9 Å². The van der Waals surface area contributed by atoms with Crippen molar-refractivity contribution in [3.05, 3.63) is 29.3 Å². The van der Waals surface area contributed by atoms with E-state index in [1.807, 2.05) is 23.9 Å². The second kappa shape index (κ2) is 9.55. The van der Waals surface area contributed by atoms with Gasteiger partial charge in [-0.05, 0) is 35.8 Å². The van der Waals surface area contributed by atoms with Crippen molar-refractivity contribution in [2.75, 3.05) is 24.7 Å². The zero-order valence-electron chi connectivity index (χ0n) is 14.3. The van der Waals surface area contributed by atoms with Crippen LogP contribution in [0.1, 0.15) is 19.3 Å². The normalized spacial score (nSPS) is 18.7. The molecular formula is C16H23Cl2N5O2S. The van der Waals surface area contributed by atoms with Crippen molar-refractivity contribution in [1.29, 1.82) is 0 Å². The fraction of sp³-hybridized carbons (Fsp3) is 0.500. The Bertz CT molecular complexity index is 651. The van der Waals surface area contributed by atoms with Crippen molar-refractivity contribution in [3.8, 4) is 5.75 Å². The molecule has 2 aliphatic rings. The first-order chi connectivity index (χ1) is 12.1. The van der Waals surface area contributed by atoms with E-state index in [4.69, 9.17) is 32.6 Å². The number of nitrogens with zero attached hydrogens (tertiary/aromatic N) is 3. The molecule has 0 unspecified atom stereocenters. The number of aliphatic imine (C=N–C) groups is 2. The molecule has 7 nitrogen and oxygen atoms in total. The van der Waals surface area contributed by atoms with Gasteiger partial charge >= 0.3 is 0 Å². The maximum absolute atomic E-state index is 6.03. The number of hydroxylamine groups is 2. The van der Waals surface area contributed by atoms with Gasteiger partial charge in [0, 0.05) is 24.3 Å². The van der Waals surface area contributed by atoms with Gasteiger partial charge in [-0.15, -0.1) is 12.4 Å². The summed E-state index contributed by atoms with van der Waals surface area (Å²) in [7, 11) is 0. The van der Waals surface area contributed by atoms with Crippen LogP contribution >= 0.6 is 35.8 Å². The van der Waals surface area contributed by atoms with Gasteiger partial charge in [-0.25, -0.2) is 4.99 Å². The first-order valence-corrected chi connectivity index (χ1v) is 9.71. The minimum absolute atomic E-state index is 0. The van der Waals surface area contributed by atoms with Gasteiger partial charge < -0.3 is 16.2 Å². The van der Waals surface area contributed by atoms with Crippen LogP contribution in [-0.2, 0) is 4.84 Å². The standard InChI is InChI=1S/C16H22ClN5O2S.ClH/c17-12-2-4-13(5-3-12)23-8-1-9-24-22-15(19)20-14(18)21-16(22)6-10-25-11-7-16;/h2-5H,1,6-11H2,(H4,18,19,20,21);1H. The molecule has 0 amide bonds. The lowest BCUT2D eigenvalue weighted by Gasteiger charge is -2.43. The number of hydrogen-bond donors (Lipinski definition) is 2. The molecule has 26 heavy (non-hydrogen) atoms. The molecule has 0 saturated carbocycles. The quantitative estimate of drug-likeness (QED) is 0.687. The first kappa shape index (κ1) is 21.0. The second-order valence-electron chi connectivity index (χ2n) is 5.82. The molecule has 1 fully saturated rings. The number of nitrogens with two attached hydrogens (primary N) is 2. The summed E-state index contributed by atoms with van der Waals surface area (Å²) in [5, 5.41) is 2.32. The van der Waals surface area contributed by atoms with Crippen LogP contribution < -0.4 is 16.2 Å².